The Kier molecular flexibility index (Phi) is 3.69. The van der Waals surface area contributed by atoms with Crippen LogP contribution in [0.1, 0.15) is 30.0 Å². The van der Waals surface area contributed by atoms with Crippen molar-refractivity contribution in [3.8, 4) is 0 Å². The number of aromatic nitrogens is 2. The van der Waals surface area contributed by atoms with E-state index < -0.39 is 0 Å². The van der Waals surface area contributed by atoms with E-state index in [1.165, 1.54) is 0 Å². The monoisotopic (exact) mass is 260 g/mol. The molecule has 0 unspecified atom stereocenters. The lowest BCUT2D eigenvalue weighted by Gasteiger charge is -2.06. The highest BCUT2D eigenvalue weighted by molar-refractivity contribution is 9.10. The van der Waals surface area contributed by atoms with Crippen LogP contribution in [0.25, 0.3) is 0 Å². The molecular formula is C9H13BrN2O2. The van der Waals surface area contributed by atoms with Crippen LogP contribution in [0.3, 0.4) is 0 Å². The Morgan fingerprint density at radius 2 is 2.21 bits per heavy atom. The first-order valence-corrected chi connectivity index (χ1v) is 5.30. The highest BCUT2D eigenvalue weighted by Gasteiger charge is 2.19. The van der Waals surface area contributed by atoms with Gasteiger partial charge in [0.15, 0.2) is 10.4 Å². The Labute approximate surface area is 91.4 Å². The van der Waals surface area contributed by atoms with E-state index in [2.05, 4.69) is 20.9 Å². The van der Waals surface area contributed by atoms with Crippen molar-refractivity contribution in [1.82, 2.24) is 9.55 Å². The molecule has 4 nitrogen and oxygen atoms in total. The average Bonchev–Trinajstić information content (AvgIpc) is 2.40. The summed E-state index contributed by atoms with van der Waals surface area (Å²) in [4.78, 5) is 15.7. The van der Waals surface area contributed by atoms with Crippen molar-refractivity contribution in [2.24, 2.45) is 0 Å². The number of hydrogen-bond donors (Lipinski definition) is 0. The highest BCUT2D eigenvalue weighted by Crippen LogP contribution is 2.17. The number of ether oxygens (including phenoxy) is 1. The number of nitrogens with zero attached hydrogens (tertiary/aromatic N) is 2. The third-order valence-corrected chi connectivity index (χ3v) is 2.49. The number of carbonyl (C=O) groups excluding carboxylic acids is 1. The van der Waals surface area contributed by atoms with Crippen molar-refractivity contribution in [3.63, 3.8) is 0 Å². The van der Waals surface area contributed by atoms with Gasteiger partial charge < -0.3 is 9.30 Å². The molecule has 78 valence electrons. The summed E-state index contributed by atoms with van der Waals surface area (Å²) in [6.45, 7) is 6.60. The molecule has 0 fully saturated rings. The summed E-state index contributed by atoms with van der Waals surface area (Å²) in [5.41, 5.74) is 1.22. The Balaban J connectivity index is 3.11. The van der Waals surface area contributed by atoms with Gasteiger partial charge >= 0.3 is 5.97 Å². The molecule has 0 aliphatic carbocycles. The predicted octanol–water partition coefficient (Wildman–Crippen LogP) is 2.15. The first-order valence-electron chi connectivity index (χ1n) is 4.51. The molecule has 1 aromatic rings. The van der Waals surface area contributed by atoms with E-state index in [-0.39, 0.29) is 5.97 Å². The molecule has 0 radical (unpaired) electrons. The number of rotatable bonds is 3. The molecule has 0 aromatic carbocycles. The van der Waals surface area contributed by atoms with Gasteiger partial charge in [0, 0.05) is 6.54 Å². The number of aryl methyl sites for hydroxylation is 1. The van der Waals surface area contributed by atoms with Crippen molar-refractivity contribution in [2.75, 3.05) is 6.61 Å². The number of halogens is 1. The van der Waals surface area contributed by atoms with Crippen LogP contribution in [-0.4, -0.2) is 22.1 Å². The van der Waals surface area contributed by atoms with E-state index in [0.29, 0.717) is 29.3 Å². The Hall–Kier alpha value is -0.840. The predicted molar refractivity (Wildman–Crippen MR) is 56.3 cm³/mol. The molecule has 0 atom stereocenters. The van der Waals surface area contributed by atoms with Crippen LogP contribution in [0, 0.1) is 6.92 Å². The maximum atomic E-state index is 11.6. The zero-order valence-corrected chi connectivity index (χ0v) is 10.1. The fourth-order valence-electron chi connectivity index (χ4n) is 1.29. The second kappa shape index (κ2) is 4.59. The smallest absolute Gasteiger partial charge is 0.356 e. The van der Waals surface area contributed by atoms with Crippen LogP contribution < -0.4 is 0 Å². The van der Waals surface area contributed by atoms with Crippen molar-refractivity contribution in [2.45, 2.75) is 27.3 Å². The maximum Gasteiger partial charge on any atom is 0.356 e. The lowest BCUT2D eigenvalue weighted by atomic mass is 10.3. The normalized spacial score (nSPS) is 10.3. The van der Waals surface area contributed by atoms with Gasteiger partial charge in [-0.2, -0.15) is 0 Å². The molecule has 0 saturated heterocycles. The number of carbonyl (C=O) groups is 1. The topological polar surface area (TPSA) is 44.1 Å². The van der Waals surface area contributed by atoms with Gasteiger partial charge in [-0.3, -0.25) is 0 Å². The first-order chi connectivity index (χ1) is 6.61. The molecule has 0 saturated carbocycles. The summed E-state index contributed by atoms with van der Waals surface area (Å²) in [5, 5.41) is 0. The molecule has 0 spiro atoms. The van der Waals surface area contributed by atoms with Crippen LogP contribution in [0.2, 0.25) is 0 Å². The second-order valence-electron chi connectivity index (χ2n) is 2.78. The maximum absolute atomic E-state index is 11.6. The molecule has 1 heterocycles. The Morgan fingerprint density at radius 3 is 2.71 bits per heavy atom. The SMILES string of the molecule is CCOC(=O)c1c(C)nc(Br)n1CC. The van der Waals surface area contributed by atoms with Crippen LogP contribution in [0.5, 0.6) is 0 Å². The molecule has 1 aromatic heterocycles. The van der Waals surface area contributed by atoms with Crippen LogP contribution in [-0.2, 0) is 11.3 Å². The van der Waals surface area contributed by atoms with Crippen molar-refractivity contribution < 1.29 is 9.53 Å². The van der Waals surface area contributed by atoms with E-state index in [0.717, 1.165) is 0 Å². The quantitative estimate of drug-likeness (QED) is 0.783. The van der Waals surface area contributed by atoms with Crippen molar-refractivity contribution in [3.05, 3.63) is 16.1 Å². The van der Waals surface area contributed by atoms with Crippen molar-refractivity contribution in [1.29, 1.82) is 0 Å². The molecule has 5 heteroatoms. The van der Waals surface area contributed by atoms with E-state index in [9.17, 15) is 4.79 Å². The largest absolute Gasteiger partial charge is 0.461 e. The average molecular weight is 261 g/mol. The van der Waals surface area contributed by atoms with Crippen LogP contribution >= 0.6 is 15.9 Å². The van der Waals surface area contributed by atoms with Crippen LogP contribution in [0.15, 0.2) is 4.73 Å². The van der Waals surface area contributed by atoms with Gasteiger partial charge in [-0.15, -0.1) is 0 Å². The molecule has 0 bridgehead atoms. The Bertz CT molecular complexity index is 347. The fraction of sp³-hybridized carbons (Fsp3) is 0.556. The van der Waals surface area contributed by atoms with Gasteiger partial charge in [0.25, 0.3) is 0 Å². The third kappa shape index (κ3) is 1.97. The van der Waals surface area contributed by atoms with Crippen LogP contribution in [0.4, 0.5) is 0 Å². The van der Waals surface area contributed by atoms with Gasteiger partial charge in [0.2, 0.25) is 0 Å². The standard InChI is InChI=1S/C9H13BrN2O2/c1-4-12-7(8(13)14-5-2)6(3)11-9(12)10/h4-5H2,1-3H3. The molecule has 0 aliphatic heterocycles. The van der Waals surface area contributed by atoms with Gasteiger partial charge in [0.05, 0.1) is 12.3 Å². The van der Waals surface area contributed by atoms with E-state index in [1.54, 1.807) is 18.4 Å². The van der Waals surface area contributed by atoms with Gasteiger partial charge in [-0.05, 0) is 36.7 Å². The third-order valence-electron chi connectivity index (χ3n) is 1.88. The minimum Gasteiger partial charge on any atom is -0.461 e. The number of hydrogen-bond acceptors (Lipinski definition) is 3. The highest BCUT2D eigenvalue weighted by atomic mass is 79.9. The minimum atomic E-state index is -0.315. The Morgan fingerprint density at radius 1 is 1.57 bits per heavy atom. The molecule has 0 aliphatic rings. The summed E-state index contributed by atoms with van der Waals surface area (Å²) in [6, 6.07) is 0. The van der Waals surface area contributed by atoms with Gasteiger partial charge in [-0.25, -0.2) is 9.78 Å². The van der Waals surface area contributed by atoms with E-state index in [1.807, 2.05) is 6.92 Å². The summed E-state index contributed by atoms with van der Waals surface area (Å²) in [7, 11) is 0. The van der Waals surface area contributed by atoms with E-state index in [4.69, 9.17) is 4.74 Å². The van der Waals surface area contributed by atoms with E-state index >= 15 is 0 Å². The fourth-order valence-corrected chi connectivity index (χ4v) is 1.98. The summed E-state index contributed by atoms with van der Waals surface area (Å²) in [6.07, 6.45) is 0. The first kappa shape index (κ1) is 11.2. The molecule has 1 rings (SSSR count). The lowest BCUT2D eigenvalue weighted by Crippen LogP contribution is -2.12. The second-order valence-corrected chi connectivity index (χ2v) is 3.49. The zero-order valence-electron chi connectivity index (χ0n) is 8.50. The summed E-state index contributed by atoms with van der Waals surface area (Å²) < 4.78 is 7.40. The molecule has 0 amide bonds. The minimum absolute atomic E-state index is 0.315. The molecule has 14 heavy (non-hydrogen) atoms. The zero-order chi connectivity index (χ0) is 10.7. The van der Waals surface area contributed by atoms with Gasteiger partial charge in [0.1, 0.15) is 0 Å². The molecule has 0 N–H and O–H groups in total. The number of imidazole rings is 1. The molecular weight excluding hydrogens is 248 g/mol. The summed E-state index contributed by atoms with van der Waals surface area (Å²) in [5.74, 6) is -0.315. The van der Waals surface area contributed by atoms with Crippen molar-refractivity contribution >= 4 is 21.9 Å². The number of esters is 1. The lowest BCUT2D eigenvalue weighted by molar-refractivity contribution is 0.0512. The summed E-state index contributed by atoms with van der Waals surface area (Å²) >= 11 is 3.29. The van der Waals surface area contributed by atoms with Gasteiger partial charge in [-0.1, -0.05) is 0 Å².